The molecule has 2 aliphatic heterocycles. The van der Waals surface area contributed by atoms with Crippen molar-refractivity contribution in [2.45, 2.75) is 32.7 Å². The summed E-state index contributed by atoms with van der Waals surface area (Å²) >= 11 is 1.50. The smallest absolute Gasteiger partial charge is 0.273 e. The predicted molar refractivity (Wildman–Crippen MR) is 98.7 cm³/mol. The van der Waals surface area contributed by atoms with Gasteiger partial charge in [0.25, 0.3) is 5.91 Å². The fourth-order valence-electron chi connectivity index (χ4n) is 3.98. The van der Waals surface area contributed by atoms with Gasteiger partial charge in [0.1, 0.15) is 5.69 Å². The highest BCUT2D eigenvalue weighted by atomic mass is 32.1. The average Bonchev–Trinajstić information content (AvgIpc) is 3.20. The van der Waals surface area contributed by atoms with Crippen LogP contribution < -0.4 is 0 Å². The maximum atomic E-state index is 12.6. The second-order valence-corrected chi connectivity index (χ2v) is 8.39. The number of rotatable bonds is 3. The Balaban J connectivity index is 1.38. The average molecular weight is 370 g/mol. The van der Waals surface area contributed by atoms with Crippen LogP contribution in [0.4, 0.5) is 0 Å². The molecular weight excluding hydrogens is 348 g/mol. The topological polar surface area (TPSA) is 66.4 Å². The van der Waals surface area contributed by atoms with Crippen molar-refractivity contribution in [3.05, 3.63) is 46.2 Å². The number of nitrogens with zero attached hydrogens (tertiary/aromatic N) is 4. The van der Waals surface area contributed by atoms with Crippen molar-refractivity contribution in [2.24, 2.45) is 5.41 Å². The number of hydrogen-bond donors (Lipinski definition) is 0. The van der Waals surface area contributed by atoms with E-state index in [0.717, 1.165) is 30.0 Å². The molecule has 0 saturated carbocycles. The summed E-state index contributed by atoms with van der Waals surface area (Å²) in [5.74, 6) is 0.235. The Labute approximate surface area is 156 Å². The molecule has 0 N–H and O–H groups in total. The SMILES string of the molecule is Cc1nc(C(=O)N2CCC3(CC2)CC(=O)N(Cc2ccncc2)C3)cs1. The summed E-state index contributed by atoms with van der Waals surface area (Å²) in [6.07, 6.45) is 5.86. The first-order valence-corrected chi connectivity index (χ1v) is 9.81. The molecule has 2 aliphatic rings. The quantitative estimate of drug-likeness (QED) is 0.833. The molecule has 136 valence electrons. The van der Waals surface area contributed by atoms with Gasteiger partial charge in [-0.25, -0.2) is 4.98 Å². The van der Waals surface area contributed by atoms with Crippen LogP contribution in [-0.4, -0.2) is 51.2 Å². The summed E-state index contributed by atoms with van der Waals surface area (Å²) < 4.78 is 0. The van der Waals surface area contributed by atoms with E-state index in [-0.39, 0.29) is 17.2 Å². The third-order valence-electron chi connectivity index (χ3n) is 5.48. The molecule has 2 saturated heterocycles. The lowest BCUT2D eigenvalue weighted by molar-refractivity contribution is -0.128. The molecule has 0 aromatic carbocycles. The summed E-state index contributed by atoms with van der Waals surface area (Å²) in [7, 11) is 0. The summed E-state index contributed by atoms with van der Waals surface area (Å²) in [5, 5.41) is 2.74. The lowest BCUT2D eigenvalue weighted by Crippen LogP contribution is -2.44. The van der Waals surface area contributed by atoms with Gasteiger partial charge in [0.2, 0.25) is 5.91 Å². The molecule has 6 nitrogen and oxygen atoms in total. The third kappa shape index (κ3) is 3.35. The van der Waals surface area contributed by atoms with Gasteiger partial charge in [0.15, 0.2) is 0 Å². The molecule has 0 unspecified atom stereocenters. The molecule has 0 aliphatic carbocycles. The van der Waals surface area contributed by atoms with Gasteiger partial charge in [-0.2, -0.15) is 0 Å². The number of aryl methyl sites for hydroxylation is 1. The van der Waals surface area contributed by atoms with E-state index < -0.39 is 0 Å². The van der Waals surface area contributed by atoms with Crippen LogP contribution in [0.5, 0.6) is 0 Å². The molecule has 7 heteroatoms. The van der Waals surface area contributed by atoms with E-state index in [1.54, 1.807) is 12.4 Å². The van der Waals surface area contributed by atoms with Gasteiger partial charge in [-0.3, -0.25) is 14.6 Å². The van der Waals surface area contributed by atoms with Gasteiger partial charge in [-0.1, -0.05) is 0 Å². The zero-order chi connectivity index (χ0) is 18.1. The van der Waals surface area contributed by atoms with Crippen molar-refractivity contribution < 1.29 is 9.59 Å². The number of amides is 2. The molecule has 4 heterocycles. The molecule has 0 radical (unpaired) electrons. The van der Waals surface area contributed by atoms with Crippen LogP contribution in [0.2, 0.25) is 0 Å². The van der Waals surface area contributed by atoms with Gasteiger partial charge in [-0.05, 0) is 37.5 Å². The minimum atomic E-state index is 0.0128. The molecule has 4 rings (SSSR count). The van der Waals surface area contributed by atoms with Crippen molar-refractivity contribution in [3.8, 4) is 0 Å². The van der Waals surface area contributed by atoms with Crippen molar-refractivity contribution in [2.75, 3.05) is 19.6 Å². The molecule has 0 atom stereocenters. The highest BCUT2D eigenvalue weighted by Crippen LogP contribution is 2.41. The minimum absolute atomic E-state index is 0.0128. The Bertz CT molecular complexity index is 812. The summed E-state index contributed by atoms with van der Waals surface area (Å²) in [6.45, 7) is 4.74. The number of pyridine rings is 1. The van der Waals surface area contributed by atoms with Crippen LogP contribution in [-0.2, 0) is 11.3 Å². The Morgan fingerprint density at radius 2 is 2.00 bits per heavy atom. The van der Waals surface area contributed by atoms with E-state index >= 15 is 0 Å². The fourth-order valence-corrected chi connectivity index (χ4v) is 4.56. The summed E-state index contributed by atoms with van der Waals surface area (Å²) in [5.41, 5.74) is 1.67. The maximum Gasteiger partial charge on any atom is 0.273 e. The number of thiazole rings is 1. The van der Waals surface area contributed by atoms with Crippen molar-refractivity contribution in [1.29, 1.82) is 0 Å². The van der Waals surface area contributed by atoms with Gasteiger partial charge in [0, 0.05) is 55.8 Å². The molecule has 1 spiro atoms. The second kappa shape index (κ2) is 6.79. The number of piperidine rings is 1. The van der Waals surface area contributed by atoms with Gasteiger partial charge in [0.05, 0.1) is 5.01 Å². The zero-order valence-corrected chi connectivity index (χ0v) is 15.7. The largest absolute Gasteiger partial charge is 0.338 e. The first-order valence-electron chi connectivity index (χ1n) is 8.93. The van der Waals surface area contributed by atoms with Gasteiger partial charge < -0.3 is 9.80 Å². The van der Waals surface area contributed by atoms with E-state index in [1.807, 2.05) is 34.2 Å². The first kappa shape index (κ1) is 17.1. The Kier molecular flexibility index (Phi) is 4.48. The van der Waals surface area contributed by atoms with Crippen LogP contribution >= 0.6 is 11.3 Å². The van der Waals surface area contributed by atoms with Crippen molar-refractivity contribution in [3.63, 3.8) is 0 Å². The Hall–Kier alpha value is -2.28. The lowest BCUT2D eigenvalue weighted by Gasteiger charge is -2.38. The molecule has 26 heavy (non-hydrogen) atoms. The zero-order valence-electron chi connectivity index (χ0n) is 14.9. The molecular formula is C19H22N4O2S. The second-order valence-electron chi connectivity index (χ2n) is 7.33. The standard InChI is InChI=1S/C19H22N4O2S/c1-14-21-16(12-26-14)18(25)22-8-4-19(5-9-22)10-17(24)23(13-19)11-15-2-6-20-7-3-15/h2-3,6-7,12H,4-5,8-11,13H2,1H3. The molecule has 2 aromatic heterocycles. The van der Waals surface area contributed by atoms with Crippen LogP contribution in [0.3, 0.4) is 0 Å². The predicted octanol–water partition coefficient (Wildman–Crippen LogP) is 2.50. The van der Waals surface area contributed by atoms with E-state index in [1.165, 1.54) is 11.3 Å². The Morgan fingerprint density at radius 3 is 2.65 bits per heavy atom. The Morgan fingerprint density at radius 1 is 1.27 bits per heavy atom. The minimum Gasteiger partial charge on any atom is -0.338 e. The summed E-state index contributed by atoms with van der Waals surface area (Å²) in [6, 6.07) is 3.91. The molecule has 0 bridgehead atoms. The van der Waals surface area contributed by atoms with Crippen molar-refractivity contribution >= 4 is 23.2 Å². The highest BCUT2D eigenvalue weighted by Gasteiger charge is 2.45. The van der Waals surface area contributed by atoms with Crippen molar-refractivity contribution in [1.82, 2.24) is 19.8 Å². The molecule has 2 amide bonds. The number of carbonyl (C=O) groups is 2. The maximum absolute atomic E-state index is 12.6. The van der Waals surface area contributed by atoms with E-state index in [4.69, 9.17) is 0 Å². The number of carbonyl (C=O) groups excluding carboxylic acids is 2. The molecule has 2 aromatic rings. The van der Waals surface area contributed by atoms with Gasteiger partial charge in [-0.15, -0.1) is 11.3 Å². The van der Waals surface area contributed by atoms with Crippen LogP contribution in [0.15, 0.2) is 29.9 Å². The highest BCUT2D eigenvalue weighted by molar-refractivity contribution is 7.09. The third-order valence-corrected chi connectivity index (χ3v) is 6.25. The van der Waals surface area contributed by atoms with Crippen LogP contribution in [0.25, 0.3) is 0 Å². The molecule has 2 fully saturated rings. The van der Waals surface area contributed by atoms with Crippen LogP contribution in [0.1, 0.15) is 40.3 Å². The fraction of sp³-hybridized carbons (Fsp3) is 0.474. The van der Waals surface area contributed by atoms with Gasteiger partial charge >= 0.3 is 0 Å². The van der Waals surface area contributed by atoms with E-state index in [0.29, 0.717) is 31.7 Å². The lowest BCUT2D eigenvalue weighted by atomic mass is 9.77. The first-order chi connectivity index (χ1) is 12.5. The number of likely N-dealkylation sites (tertiary alicyclic amines) is 2. The van der Waals surface area contributed by atoms with E-state index in [2.05, 4.69) is 9.97 Å². The van der Waals surface area contributed by atoms with Crippen LogP contribution in [0, 0.1) is 12.3 Å². The summed E-state index contributed by atoms with van der Waals surface area (Å²) in [4.78, 5) is 37.3. The number of aromatic nitrogens is 2. The monoisotopic (exact) mass is 370 g/mol. The number of hydrogen-bond acceptors (Lipinski definition) is 5. The normalized spacial score (nSPS) is 19.3. The van der Waals surface area contributed by atoms with E-state index in [9.17, 15) is 9.59 Å².